The molecule has 1 atom stereocenters. The van der Waals surface area contributed by atoms with Gasteiger partial charge < -0.3 is 4.31 Å². The molecule has 2 aromatic carbocycles. The Bertz CT molecular complexity index is 591. The molecular formula is C16H17NS. The number of benzene rings is 2. The van der Waals surface area contributed by atoms with Crippen LogP contribution >= 0.6 is 11.9 Å². The summed E-state index contributed by atoms with van der Waals surface area (Å²) in [4.78, 5) is 1.38. The largest absolute Gasteiger partial charge is 0.315 e. The maximum Gasteiger partial charge on any atom is 0.0507 e. The fourth-order valence-corrected chi connectivity index (χ4v) is 3.73. The average Bonchev–Trinajstić information content (AvgIpc) is 2.47. The van der Waals surface area contributed by atoms with Gasteiger partial charge in [-0.2, -0.15) is 0 Å². The zero-order valence-corrected chi connectivity index (χ0v) is 11.8. The van der Waals surface area contributed by atoms with Crippen LogP contribution in [-0.2, 0) is 0 Å². The van der Waals surface area contributed by atoms with Gasteiger partial charge in [-0.3, -0.25) is 0 Å². The molecule has 0 saturated carbocycles. The second-order valence-corrected chi connectivity index (χ2v) is 6.08. The van der Waals surface area contributed by atoms with Gasteiger partial charge in [0.15, 0.2) is 0 Å². The Kier molecular flexibility index (Phi) is 2.83. The third-order valence-electron chi connectivity index (χ3n) is 3.61. The number of nitrogens with zero attached hydrogens (tertiary/aromatic N) is 1. The van der Waals surface area contributed by atoms with Crippen molar-refractivity contribution in [2.24, 2.45) is 0 Å². The highest BCUT2D eigenvalue weighted by Crippen LogP contribution is 2.43. The van der Waals surface area contributed by atoms with Crippen LogP contribution in [0.25, 0.3) is 0 Å². The minimum Gasteiger partial charge on any atom is -0.315 e. The number of para-hydroxylation sites is 1. The molecule has 1 unspecified atom stereocenters. The molecule has 0 aromatic heterocycles. The summed E-state index contributed by atoms with van der Waals surface area (Å²) in [6.07, 6.45) is 0. The van der Waals surface area contributed by atoms with Crippen molar-refractivity contribution in [1.82, 2.24) is 0 Å². The molecule has 0 spiro atoms. The number of hydrogen-bond donors (Lipinski definition) is 0. The van der Waals surface area contributed by atoms with Gasteiger partial charge >= 0.3 is 0 Å². The molecule has 0 amide bonds. The number of rotatable bonds is 0. The lowest BCUT2D eigenvalue weighted by Crippen LogP contribution is -2.06. The van der Waals surface area contributed by atoms with E-state index in [1.807, 2.05) is 11.9 Å². The Morgan fingerprint density at radius 3 is 2.67 bits per heavy atom. The van der Waals surface area contributed by atoms with E-state index in [-0.39, 0.29) is 0 Å². The summed E-state index contributed by atoms with van der Waals surface area (Å²) >= 11 is 1.83. The van der Waals surface area contributed by atoms with Crippen molar-refractivity contribution in [3.05, 3.63) is 59.2 Å². The minimum absolute atomic E-state index is 0.453. The molecule has 18 heavy (non-hydrogen) atoms. The number of aryl methyl sites for hydroxylation is 1. The van der Waals surface area contributed by atoms with Gasteiger partial charge in [0, 0.05) is 17.9 Å². The van der Waals surface area contributed by atoms with E-state index in [0.29, 0.717) is 5.92 Å². The van der Waals surface area contributed by atoms with E-state index in [0.717, 1.165) is 0 Å². The van der Waals surface area contributed by atoms with Gasteiger partial charge in [-0.05, 0) is 47.7 Å². The Hall–Kier alpha value is -1.41. The van der Waals surface area contributed by atoms with Crippen LogP contribution in [0.5, 0.6) is 0 Å². The first-order valence-electron chi connectivity index (χ1n) is 6.28. The monoisotopic (exact) mass is 255 g/mol. The van der Waals surface area contributed by atoms with Gasteiger partial charge in [0.05, 0.1) is 5.69 Å². The lowest BCUT2D eigenvalue weighted by molar-refractivity contribution is 0.898. The Balaban J connectivity index is 2.21. The Labute approximate surface area is 113 Å². The predicted octanol–water partition coefficient (Wildman–Crippen LogP) is 4.60. The number of hydrogen-bond acceptors (Lipinski definition) is 2. The predicted molar refractivity (Wildman–Crippen MR) is 79.4 cm³/mol. The summed E-state index contributed by atoms with van der Waals surface area (Å²) in [5, 5.41) is 0. The molecule has 1 aliphatic heterocycles. The highest BCUT2D eigenvalue weighted by atomic mass is 32.2. The SMILES string of the molecule is Cc1ccc2c(c1)SN(C)c1ccccc1C2C. The average molecular weight is 255 g/mol. The molecule has 1 nitrogen and oxygen atoms in total. The first-order chi connectivity index (χ1) is 8.66. The molecule has 3 rings (SSSR count). The fraction of sp³-hybridized carbons (Fsp3) is 0.250. The second kappa shape index (κ2) is 4.36. The fourth-order valence-electron chi connectivity index (χ4n) is 2.58. The van der Waals surface area contributed by atoms with Crippen LogP contribution in [0.1, 0.15) is 29.5 Å². The quantitative estimate of drug-likeness (QED) is 0.633. The van der Waals surface area contributed by atoms with E-state index in [4.69, 9.17) is 0 Å². The van der Waals surface area contributed by atoms with E-state index in [1.165, 1.54) is 27.3 Å². The molecule has 0 bridgehead atoms. The van der Waals surface area contributed by atoms with E-state index in [1.54, 1.807) is 0 Å². The van der Waals surface area contributed by atoms with Crippen LogP contribution in [0.3, 0.4) is 0 Å². The zero-order chi connectivity index (χ0) is 12.7. The molecule has 0 aliphatic carbocycles. The maximum absolute atomic E-state index is 2.30. The van der Waals surface area contributed by atoms with Gasteiger partial charge in [-0.25, -0.2) is 0 Å². The maximum atomic E-state index is 2.30. The normalized spacial score (nSPS) is 17.9. The summed E-state index contributed by atoms with van der Waals surface area (Å²) < 4.78 is 2.27. The first kappa shape index (κ1) is 11.7. The van der Waals surface area contributed by atoms with Crippen LogP contribution in [0.4, 0.5) is 5.69 Å². The van der Waals surface area contributed by atoms with Crippen molar-refractivity contribution >= 4 is 17.6 Å². The third-order valence-corrected chi connectivity index (χ3v) is 4.63. The third kappa shape index (κ3) is 1.81. The summed E-state index contributed by atoms with van der Waals surface area (Å²) in [6.45, 7) is 4.45. The molecular weight excluding hydrogens is 238 g/mol. The molecule has 0 fully saturated rings. The van der Waals surface area contributed by atoms with Crippen LogP contribution < -0.4 is 4.31 Å². The van der Waals surface area contributed by atoms with Crippen LogP contribution in [0.2, 0.25) is 0 Å². The van der Waals surface area contributed by atoms with Gasteiger partial charge in [0.25, 0.3) is 0 Å². The van der Waals surface area contributed by atoms with Crippen molar-refractivity contribution < 1.29 is 0 Å². The smallest absolute Gasteiger partial charge is 0.0507 e. The molecule has 0 N–H and O–H groups in total. The lowest BCUT2D eigenvalue weighted by Gasteiger charge is -2.18. The molecule has 0 saturated heterocycles. The summed E-state index contributed by atoms with van der Waals surface area (Å²) in [5.41, 5.74) is 5.49. The van der Waals surface area contributed by atoms with Crippen molar-refractivity contribution in [3.8, 4) is 0 Å². The van der Waals surface area contributed by atoms with Gasteiger partial charge in [0.2, 0.25) is 0 Å². The van der Waals surface area contributed by atoms with Gasteiger partial charge in [-0.15, -0.1) is 0 Å². The molecule has 2 heteroatoms. The van der Waals surface area contributed by atoms with E-state index in [2.05, 4.69) is 67.7 Å². The molecule has 1 aliphatic rings. The molecule has 92 valence electrons. The van der Waals surface area contributed by atoms with E-state index in [9.17, 15) is 0 Å². The zero-order valence-electron chi connectivity index (χ0n) is 11.0. The molecule has 1 heterocycles. The van der Waals surface area contributed by atoms with E-state index < -0.39 is 0 Å². The summed E-state index contributed by atoms with van der Waals surface area (Å²) in [6, 6.07) is 15.5. The molecule has 0 radical (unpaired) electrons. The Morgan fingerprint density at radius 1 is 1.06 bits per heavy atom. The van der Waals surface area contributed by atoms with Crippen molar-refractivity contribution in [2.75, 3.05) is 11.4 Å². The Morgan fingerprint density at radius 2 is 1.83 bits per heavy atom. The van der Waals surface area contributed by atoms with Crippen LogP contribution in [-0.4, -0.2) is 7.05 Å². The summed E-state index contributed by atoms with van der Waals surface area (Å²) in [7, 11) is 2.15. The topological polar surface area (TPSA) is 3.24 Å². The first-order valence-corrected chi connectivity index (χ1v) is 7.05. The van der Waals surface area contributed by atoms with Gasteiger partial charge in [0.1, 0.15) is 0 Å². The van der Waals surface area contributed by atoms with Crippen molar-refractivity contribution in [2.45, 2.75) is 24.7 Å². The second-order valence-electron chi connectivity index (χ2n) is 4.91. The highest BCUT2D eigenvalue weighted by molar-refractivity contribution is 8.00. The van der Waals surface area contributed by atoms with Crippen LogP contribution in [0, 0.1) is 6.92 Å². The highest BCUT2D eigenvalue weighted by Gasteiger charge is 2.22. The minimum atomic E-state index is 0.453. The standard InChI is InChI=1S/C16H17NS/c1-11-8-9-14-12(2)13-6-4-5-7-15(13)17(3)18-16(14)10-11/h4-10,12H,1-3H3. The van der Waals surface area contributed by atoms with Crippen LogP contribution in [0.15, 0.2) is 47.4 Å². The van der Waals surface area contributed by atoms with E-state index >= 15 is 0 Å². The summed E-state index contributed by atoms with van der Waals surface area (Å²) in [5.74, 6) is 0.453. The lowest BCUT2D eigenvalue weighted by atomic mass is 9.91. The van der Waals surface area contributed by atoms with Crippen molar-refractivity contribution in [1.29, 1.82) is 0 Å². The van der Waals surface area contributed by atoms with Gasteiger partial charge in [-0.1, -0.05) is 37.3 Å². The number of anilines is 1. The number of fused-ring (bicyclic) bond motifs is 2. The molecule has 2 aromatic rings. The van der Waals surface area contributed by atoms with Crippen molar-refractivity contribution in [3.63, 3.8) is 0 Å².